The van der Waals surface area contributed by atoms with Crippen LogP contribution in [-0.2, 0) is 4.74 Å². The van der Waals surface area contributed by atoms with Crippen molar-refractivity contribution in [2.45, 2.75) is 18.4 Å². The molecule has 2 fully saturated rings. The first-order valence-corrected chi connectivity index (χ1v) is 8.08. The van der Waals surface area contributed by atoms with Gasteiger partial charge >= 0.3 is 0 Å². The highest BCUT2D eigenvalue weighted by molar-refractivity contribution is 14.0. The van der Waals surface area contributed by atoms with Gasteiger partial charge < -0.3 is 20.1 Å². The first-order valence-electron chi connectivity index (χ1n) is 6.93. The van der Waals surface area contributed by atoms with Gasteiger partial charge in [0.15, 0.2) is 5.96 Å². The number of hydrogen-bond donors (Lipinski definition) is 2. The molecule has 5 nitrogen and oxygen atoms in total. The van der Waals surface area contributed by atoms with Crippen LogP contribution in [0.15, 0.2) is 4.99 Å². The van der Waals surface area contributed by atoms with E-state index < -0.39 is 5.60 Å². The van der Waals surface area contributed by atoms with Crippen molar-refractivity contribution >= 4 is 41.7 Å². The van der Waals surface area contributed by atoms with Gasteiger partial charge in [-0.3, -0.25) is 4.99 Å². The molecule has 2 aliphatic heterocycles. The molecule has 0 aromatic carbocycles. The van der Waals surface area contributed by atoms with Crippen molar-refractivity contribution in [3.63, 3.8) is 0 Å². The highest BCUT2D eigenvalue weighted by atomic mass is 127. The zero-order chi connectivity index (χ0) is 13.7. The molecule has 0 aliphatic carbocycles. The Morgan fingerprint density at radius 1 is 1.60 bits per heavy atom. The minimum Gasteiger partial charge on any atom is -0.387 e. The van der Waals surface area contributed by atoms with Crippen LogP contribution >= 0.6 is 35.7 Å². The lowest BCUT2D eigenvalue weighted by molar-refractivity contribution is 0.0717. The van der Waals surface area contributed by atoms with Gasteiger partial charge in [0.25, 0.3) is 0 Å². The van der Waals surface area contributed by atoms with Gasteiger partial charge in [0.2, 0.25) is 0 Å². The fourth-order valence-electron chi connectivity index (χ4n) is 2.57. The van der Waals surface area contributed by atoms with Gasteiger partial charge in [-0.15, -0.1) is 24.0 Å². The molecule has 20 heavy (non-hydrogen) atoms. The molecule has 0 bridgehead atoms. The van der Waals surface area contributed by atoms with Crippen molar-refractivity contribution in [1.82, 2.24) is 10.2 Å². The summed E-state index contributed by atoms with van der Waals surface area (Å²) >= 11 is 1.81. The monoisotopic (exact) mass is 415 g/mol. The van der Waals surface area contributed by atoms with Crippen LogP contribution in [0, 0.1) is 5.92 Å². The maximum Gasteiger partial charge on any atom is 0.193 e. The number of ether oxygens (including phenoxy) is 1. The second kappa shape index (κ2) is 8.65. The zero-order valence-corrected chi connectivity index (χ0v) is 15.4. The van der Waals surface area contributed by atoms with Crippen molar-refractivity contribution in [1.29, 1.82) is 0 Å². The van der Waals surface area contributed by atoms with E-state index >= 15 is 0 Å². The highest BCUT2D eigenvalue weighted by Gasteiger charge is 2.32. The third kappa shape index (κ3) is 5.23. The van der Waals surface area contributed by atoms with Crippen LogP contribution in [0.25, 0.3) is 0 Å². The Kier molecular flexibility index (Phi) is 7.92. The molecular formula is C13H26IN3O2S. The number of halogens is 1. The van der Waals surface area contributed by atoms with Crippen molar-refractivity contribution in [3.05, 3.63) is 0 Å². The van der Waals surface area contributed by atoms with Gasteiger partial charge in [-0.05, 0) is 18.6 Å². The molecule has 0 aromatic heterocycles. The van der Waals surface area contributed by atoms with Gasteiger partial charge in [-0.2, -0.15) is 11.8 Å². The lowest BCUT2D eigenvalue weighted by Gasteiger charge is -2.28. The van der Waals surface area contributed by atoms with E-state index in [4.69, 9.17) is 4.74 Å². The molecule has 2 rings (SSSR count). The molecule has 2 atom stereocenters. The Balaban J connectivity index is 0.00000200. The summed E-state index contributed by atoms with van der Waals surface area (Å²) < 4.78 is 5.40. The van der Waals surface area contributed by atoms with E-state index in [0.717, 1.165) is 50.1 Å². The quantitative estimate of drug-likeness (QED) is 0.408. The first kappa shape index (κ1) is 18.3. The second-order valence-electron chi connectivity index (χ2n) is 5.54. The van der Waals surface area contributed by atoms with Gasteiger partial charge in [-0.1, -0.05) is 0 Å². The standard InChI is InChI=1S/C13H25N3O2S.HI/c1-14-12(15-9-13(17)4-6-19-10-13)16(2)7-11-3-5-18-8-11;/h11,17H,3-10H2,1-2H3,(H,14,15);1H. The van der Waals surface area contributed by atoms with Crippen molar-refractivity contribution in [3.8, 4) is 0 Å². The first-order chi connectivity index (χ1) is 9.13. The van der Waals surface area contributed by atoms with Crippen molar-refractivity contribution in [2.24, 2.45) is 10.9 Å². The van der Waals surface area contributed by atoms with E-state index in [2.05, 4.69) is 15.2 Å². The average molecular weight is 415 g/mol. The van der Waals surface area contributed by atoms with E-state index in [1.807, 2.05) is 18.8 Å². The van der Waals surface area contributed by atoms with Crippen molar-refractivity contribution in [2.75, 3.05) is 51.9 Å². The molecule has 0 amide bonds. The van der Waals surface area contributed by atoms with Crippen LogP contribution in [0.1, 0.15) is 12.8 Å². The van der Waals surface area contributed by atoms with E-state index in [9.17, 15) is 5.11 Å². The topological polar surface area (TPSA) is 57.1 Å². The number of nitrogens with one attached hydrogen (secondary N) is 1. The fourth-order valence-corrected chi connectivity index (χ4v) is 3.86. The summed E-state index contributed by atoms with van der Waals surface area (Å²) in [5, 5.41) is 13.6. The molecule has 0 aromatic rings. The molecule has 2 N–H and O–H groups in total. The Labute approximate surface area is 142 Å². The van der Waals surface area contributed by atoms with Gasteiger partial charge in [-0.25, -0.2) is 0 Å². The van der Waals surface area contributed by atoms with E-state index in [-0.39, 0.29) is 24.0 Å². The summed E-state index contributed by atoms with van der Waals surface area (Å²) in [5.74, 6) is 3.31. The summed E-state index contributed by atoms with van der Waals surface area (Å²) in [4.78, 5) is 6.42. The smallest absolute Gasteiger partial charge is 0.193 e. The minimum absolute atomic E-state index is 0. The minimum atomic E-state index is -0.572. The summed E-state index contributed by atoms with van der Waals surface area (Å²) in [6, 6.07) is 0. The summed E-state index contributed by atoms with van der Waals surface area (Å²) in [6.07, 6.45) is 1.99. The maximum atomic E-state index is 10.3. The van der Waals surface area contributed by atoms with E-state index in [0.29, 0.717) is 12.5 Å². The third-order valence-electron chi connectivity index (χ3n) is 3.79. The van der Waals surface area contributed by atoms with Gasteiger partial charge in [0.1, 0.15) is 0 Å². The highest BCUT2D eigenvalue weighted by Crippen LogP contribution is 2.27. The Morgan fingerprint density at radius 3 is 2.95 bits per heavy atom. The molecular weight excluding hydrogens is 389 g/mol. The summed E-state index contributed by atoms with van der Waals surface area (Å²) in [7, 11) is 3.83. The summed E-state index contributed by atoms with van der Waals surface area (Å²) in [5.41, 5.74) is -0.572. The number of aliphatic hydroxyl groups is 1. The molecule has 0 saturated carbocycles. The number of nitrogens with zero attached hydrogens (tertiary/aromatic N) is 2. The molecule has 0 spiro atoms. The molecule has 2 saturated heterocycles. The lowest BCUT2D eigenvalue weighted by atomic mass is 10.0. The zero-order valence-electron chi connectivity index (χ0n) is 12.3. The average Bonchev–Trinajstić information content (AvgIpc) is 3.02. The number of aliphatic imine (C=N–C) groups is 1. The lowest BCUT2D eigenvalue weighted by Crippen LogP contribution is -2.48. The number of guanidine groups is 1. The van der Waals surface area contributed by atoms with E-state index in [1.54, 1.807) is 7.05 Å². The predicted octanol–water partition coefficient (Wildman–Crippen LogP) is 1.02. The molecule has 2 aliphatic rings. The molecule has 7 heteroatoms. The van der Waals surface area contributed by atoms with Gasteiger partial charge in [0, 0.05) is 45.5 Å². The number of rotatable bonds is 4. The largest absolute Gasteiger partial charge is 0.387 e. The Hall–Kier alpha value is 0.270. The molecule has 118 valence electrons. The van der Waals surface area contributed by atoms with Crippen LogP contribution in [0.4, 0.5) is 0 Å². The fraction of sp³-hybridized carbons (Fsp3) is 0.923. The van der Waals surface area contributed by atoms with Gasteiger partial charge in [0.05, 0.1) is 12.2 Å². The Bertz CT molecular complexity index is 319. The molecule has 2 unspecified atom stereocenters. The van der Waals surface area contributed by atoms with Crippen LogP contribution in [0.3, 0.4) is 0 Å². The van der Waals surface area contributed by atoms with Crippen LogP contribution in [0.2, 0.25) is 0 Å². The van der Waals surface area contributed by atoms with Crippen LogP contribution < -0.4 is 5.32 Å². The second-order valence-corrected chi connectivity index (χ2v) is 6.64. The summed E-state index contributed by atoms with van der Waals surface area (Å²) in [6.45, 7) is 3.26. The normalized spacial score (nSPS) is 30.1. The third-order valence-corrected chi connectivity index (χ3v) is 5.02. The SMILES string of the molecule is CN=C(NCC1(O)CCSC1)N(C)CC1CCOC1.I. The van der Waals surface area contributed by atoms with Crippen LogP contribution in [0.5, 0.6) is 0 Å². The van der Waals surface area contributed by atoms with Crippen molar-refractivity contribution < 1.29 is 9.84 Å². The predicted molar refractivity (Wildman–Crippen MR) is 95.2 cm³/mol. The number of hydrogen-bond acceptors (Lipinski definition) is 4. The van der Waals surface area contributed by atoms with Crippen LogP contribution in [-0.4, -0.2) is 73.5 Å². The molecule has 2 heterocycles. The molecule has 0 radical (unpaired) electrons. The Morgan fingerprint density at radius 2 is 2.40 bits per heavy atom. The maximum absolute atomic E-state index is 10.3. The number of thioether (sulfide) groups is 1. The van der Waals surface area contributed by atoms with E-state index in [1.165, 1.54) is 0 Å².